The van der Waals surface area contributed by atoms with E-state index >= 15 is 0 Å². The maximum Gasteiger partial charge on any atom is 0.408 e. The molecule has 1 heterocycles. The van der Waals surface area contributed by atoms with Crippen molar-refractivity contribution < 1.29 is 19.1 Å². The second kappa shape index (κ2) is 15.4. The Balaban J connectivity index is 1.49. The smallest absolute Gasteiger partial charge is 0.408 e. The van der Waals surface area contributed by atoms with Crippen molar-refractivity contribution in [2.24, 2.45) is 0 Å². The third-order valence-electron chi connectivity index (χ3n) is 6.72. The van der Waals surface area contributed by atoms with Crippen LogP contribution in [0.25, 0.3) is 0 Å². The van der Waals surface area contributed by atoms with Gasteiger partial charge in [-0.15, -0.1) is 0 Å². The topological polar surface area (TPSA) is 116 Å². The SMILES string of the molecule is CC(CNC(=O)CN(Cc1ccccc1Cl)C(=O)C(Cc1cnc[nH]1)NC(=O)OCc1ccccc1)c1ccccc1. The average Bonchev–Trinajstić information content (AvgIpc) is 3.53. The van der Waals surface area contributed by atoms with Crippen molar-refractivity contribution >= 4 is 29.5 Å². The summed E-state index contributed by atoms with van der Waals surface area (Å²) in [4.78, 5) is 48.3. The summed E-state index contributed by atoms with van der Waals surface area (Å²) in [5, 5.41) is 6.09. The van der Waals surface area contributed by atoms with E-state index in [1.54, 1.807) is 24.4 Å². The number of nitrogens with zero attached hydrogens (tertiary/aromatic N) is 2. The molecule has 1 aromatic heterocycles. The van der Waals surface area contributed by atoms with E-state index < -0.39 is 18.0 Å². The van der Waals surface area contributed by atoms with Gasteiger partial charge in [0.25, 0.3) is 0 Å². The first-order chi connectivity index (χ1) is 20.4. The molecule has 0 bridgehead atoms. The number of hydrogen-bond acceptors (Lipinski definition) is 5. The van der Waals surface area contributed by atoms with Gasteiger partial charge in [0.1, 0.15) is 12.6 Å². The number of H-pyrrole nitrogens is 1. The molecule has 0 fully saturated rings. The first-order valence-corrected chi connectivity index (χ1v) is 14.0. The number of halogens is 1. The molecule has 0 spiro atoms. The molecule has 2 unspecified atom stereocenters. The number of imidazole rings is 1. The molecule has 0 saturated carbocycles. The van der Waals surface area contributed by atoms with E-state index in [0.717, 1.165) is 11.1 Å². The molecule has 3 amide bonds. The Bertz CT molecular complexity index is 1430. The van der Waals surface area contributed by atoms with Crippen molar-refractivity contribution in [2.75, 3.05) is 13.1 Å². The Hall–Kier alpha value is -4.63. The van der Waals surface area contributed by atoms with Crippen molar-refractivity contribution in [3.63, 3.8) is 0 Å². The number of carbonyl (C=O) groups excluding carboxylic acids is 3. The zero-order chi connectivity index (χ0) is 29.7. The molecule has 0 aliphatic heterocycles. The summed E-state index contributed by atoms with van der Waals surface area (Å²) < 4.78 is 5.39. The predicted octanol–water partition coefficient (Wildman–Crippen LogP) is 4.85. The van der Waals surface area contributed by atoms with Gasteiger partial charge in [-0.25, -0.2) is 9.78 Å². The molecule has 0 aliphatic rings. The number of rotatable bonds is 13. The van der Waals surface area contributed by atoms with Crippen molar-refractivity contribution in [3.8, 4) is 0 Å². The van der Waals surface area contributed by atoms with Crippen LogP contribution in [0.4, 0.5) is 4.79 Å². The molecule has 10 heteroatoms. The molecule has 4 aromatic rings. The quantitative estimate of drug-likeness (QED) is 0.207. The number of ether oxygens (including phenoxy) is 1. The van der Waals surface area contributed by atoms with Gasteiger partial charge in [-0.05, 0) is 28.7 Å². The molecular formula is C32H34ClN5O4. The number of nitrogens with one attached hydrogen (secondary N) is 3. The van der Waals surface area contributed by atoms with Gasteiger partial charge >= 0.3 is 6.09 Å². The second-order valence-electron chi connectivity index (χ2n) is 9.94. The fourth-order valence-corrected chi connectivity index (χ4v) is 4.58. The highest BCUT2D eigenvalue weighted by Gasteiger charge is 2.29. The Labute approximate surface area is 250 Å². The number of amides is 3. The Morgan fingerprint density at radius 3 is 2.36 bits per heavy atom. The van der Waals surface area contributed by atoms with Crippen LogP contribution in [0.3, 0.4) is 0 Å². The molecule has 3 N–H and O–H groups in total. The third kappa shape index (κ3) is 9.21. The van der Waals surface area contributed by atoms with Crippen molar-refractivity contribution in [2.45, 2.75) is 38.5 Å². The normalized spacial score (nSPS) is 12.1. The van der Waals surface area contributed by atoms with Gasteiger partial charge in [-0.1, -0.05) is 97.4 Å². The Morgan fingerprint density at radius 1 is 0.976 bits per heavy atom. The van der Waals surface area contributed by atoms with Crippen LogP contribution in [0.15, 0.2) is 97.5 Å². The van der Waals surface area contributed by atoms with Gasteiger partial charge < -0.3 is 25.3 Å². The summed E-state index contributed by atoms with van der Waals surface area (Å²) in [5.74, 6) is -0.713. The lowest BCUT2D eigenvalue weighted by Crippen LogP contribution is -2.52. The molecule has 4 rings (SSSR count). The van der Waals surface area contributed by atoms with E-state index in [4.69, 9.17) is 16.3 Å². The van der Waals surface area contributed by atoms with E-state index in [1.807, 2.05) is 73.7 Å². The molecule has 0 saturated heterocycles. The summed E-state index contributed by atoms with van der Waals surface area (Å²) >= 11 is 6.42. The first kappa shape index (κ1) is 30.3. The molecule has 42 heavy (non-hydrogen) atoms. The fourth-order valence-electron chi connectivity index (χ4n) is 4.38. The lowest BCUT2D eigenvalue weighted by molar-refractivity contribution is -0.138. The van der Waals surface area contributed by atoms with Crippen LogP contribution in [0.5, 0.6) is 0 Å². The third-order valence-corrected chi connectivity index (χ3v) is 7.09. The summed E-state index contributed by atoms with van der Waals surface area (Å²) in [6, 6.07) is 25.2. The van der Waals surface area contributed by atoms with Crippen molar-refractivity contribution in [1.29, 1.82) is 0 Å². The zero-order valence-electron chi connectivity index (χ0n) is 23.3. The maximum atomic E-state index is 14.0. The van der Waals surface area contributed by atoms with Crippen molar-refractivity contribution in [1.82, 2.24) is 25.5 Å². The van der Waals surface area contributed by atoms with Crippen LogP contribution in [0, 0.1) is 0 Å². The van der Waals surface area contributed by atoms with Gasteiger partial charge in [0.2, 0.25) is 11.8 Å². The number of benzene rings is 3. The summed E-state index contributed by atoms with van der Waals surface area (Å²) in [7, 11) is 0. The number of aromatic amines is 1. The van der Waals surface area contributed by atoms with Crippen molar-refractivity contribution in [3.05, 3.63) is 125 Å². The molecule has 0 aliphatic carbocycles. The van der Waals surface area contributed by atoms with Gasteiger partial charge in [-0.2, -0.15) is 0 Å². The minimum Gasteiger partial charge on any atom is -0.445 e. The van der Waals surface area contributed by atoms with Crippen LogP contribution < -0.4 is 10.6 Å². The number of alkyl carbamates (subject to hydrolysis) is 1. The summed E-state index contributed by atoms with van der Waals surface area (Å²) in [6.07, 6.45) is 2.43. The molecular weight excluding hydrogens is 554 g/mol. The van der Waals surface area contributed by atoms with Gasteiger partial charge in [-0.3, -0.25) is 9.59 Å². The lowest BCUT2D eigenvalue weighted by Gasteiger charge is -2.28. The highest BCUT2D eigenvalue weighted by atomic mass is 35.5. The molecule has 218 valence electrons. The monoisotopic (exact) mass is 587 g/mol. The van der Waals surface area contributed by atoms with Crippen LogP contribution in [-0.4, -0.2) is 51.9 Å². The Kier molecular flexibility index (Phi) is 11.1. The highest BCUT2D eigenvalue weighted by molar-refractivity contribution is 6.31. The molecule has 9 nitrogen and oxygen atoms in total. The predicted molar refractivity (Wildman–Crippen MR) is 161 cm³/mol. The van der Waals surface area contributed by atoms with E-state index in [2.05, 4.69) is 20.6 Å². The number of carbonyl (C=O) groups is 3. The standard InChI is InChI=1S/C32H34ClN5O4/c1-23(25-12-6-3-7-13-25)17-35-30(39)20-38(19-26-14-8-9-15-28(26)33)31(40)29(16-27-18-34-22-36-27)37-32(41)42-21-24-10-4-2-5-11-24/h2-15,18,22-23,29H,16-17,19-21H2,1H3,(H,34,36)(H,35,39)(H,37,41). The fraction of sp³-hybridized carbons (Fsp3) is 0.250. The molecule has 0 radical (unpaired) electrons. The highest BCUT2D eigenvalue weighted by Crippen LogP contribution is 2.18. The minimum absolute atomic E-state index is 0.0446. The summed E-state index contributed by atoms with van der Waals surface area (Å²) in [5.41, 5.74) is 3.21. The minimum atomic E-state index is -1.03. The van der Waals surface area contributed by atoms with E-state index in [0.29, 0.717) is 22.8 Å². The van der Waals surface area contributed by atoms with E-state index in [1.165, 1.54) is 11.2 Å². The largest absolute Gasteiger partial charge is 0.445 e. The summed E-state index contributed by atoms with van der Waals surface area (Å²) in [6.45, 7) is 2.31. The van der Waals surface area contributed by atoms with Crippen LogP contribution >= 0.6 is 11.6 Å². The van der Waals surface area contributed by atoms with Gasteiger partial charge in [0.05, 0.1) is 12.9 Å². The first-order valence-electron chi connectivity index (χ1n) is 13.7. The Morgan fingerprint density at radius 2 is 1.67 bits per heavy atom. The molecule has 2 atom stereocenters. The van der Waals surface area contributed by atoms with Crippen LogP contribution in [0.2, 0.25) is 5.02 Å². The van der Waals surface area contributed by atoms with Gasteiger partial charge in [0, 0.05) is 36.4 Å². The van der Waals surface area contributed by atoms with E-state index in [9.17, 15) is 14.4 Å². The lowest BCUT2D eigenvalue weighted by atomic mass is 10.0. The van der Waals surface area contributed by atoms with Crippen LogP contribution in [0.1, 0.15) is 35.2 Å². The second-order valence-corrected chi connectivity index (χ2v) is 10.3. The zero-order valence-corrected chi connectivity index (χ0v) is 24.1. The average molecular weight is 588 g/mol. The maximum absolute atomic E-state index is 14.0. The number of hydrogen-bond donors (Lipinski definition) is 3. The molecule has 3 aromatic carbocycles. The van der Waals surface area contributed by atoms with Gasteiger partial charge in [0.15, 0.2) is 0 Å². The van der Waals surface area contributed by atoms with Crippen LogP contribution in [-0.2, 0) is 33.9 Å². The van der Waals surface area contributed by atoms with E-state index in [-0.39, 0.29) is 37.9 Å². The number of aromatic nitrogens is 2.